The van der Waals surface area contributed by atoms with Gasteiger partial charge in [-0.25, -0.2) is 4.98 Å². The van der Waals surface area contributed by atoms with Crippen molar-refractivity contribution >= 4 is 11.8 Å². The fourth-order valence-electron chi connectivity index (χ4n) is 3.37. The van der Waals surface area contributed by atoms with E-state index in [-0.39, 0.29) is 11.8 Å². The lowest BCUT2D eigenvalue weighted by Crippen LogP contribution is -2.30. The summed E-state index contributed by atoms with van der Waals surface area (Å²) in [7, 11) is 1.78. The molecule has 144 valence electrons. The highest BCUT2D eigenvalue weighted by molar-refractivity contribution is 5.97. The fourth-order valence-corrected chi connectivity index (χ4v) is 3.37. The molecule has 0 spiro atoms. The fraction of sp³-hybridized carbons (Fsp3) is 0.476. The quantitative estimate of drug-likeness (QED) is 0.852. The molecular formula is C21H28N4O2. The topological polar surface area (TPSA) is 67.2 Å². The zero-order chi connectivity index (χ0) is 19.4. The first-order valence-electron chi connectivity index (χ1n) is 9.64. The number of imidazole rings is 1. The number of carbonyl (C=O) groups is 2. The molecule has 0 atom stereocenters. The molecule has 0 bridgehead atoms. The second-order valence-electron chi connectivity index (χ2n) is 7.59. The van der Waals surface area contributed by atoms with Gasteiger partial charge in [-0.05, 0) is 30.7 Å². The van der Waals surface area contributed by atoms with E-state index in [1.165, 1.54) is 0 Å². The van der Waals surface area contributed by atoms with Crippen LogP contribution in [0.4, 0.5) is 0 Å². The molecule has 1 aliphatic heterocycles. The molecule has 0 unspecified atom stereocenters. The highest BCUT2D eigenvalue weighted by Crippen LogP contribution is 2.22. The van der Waals surface area contributed by atoms with Crippen molar-refractivity contribution < 1.29 is 9.59 Å². The summed E-state index contributed by atoms with van der Waals surface area (Å²) in [5.41, 5.74) is 2.36. The minimum absolute atomic E-state index is 0.148. The summed E-state index contributed by atoms with van der Waals surface area (Å²) in [5.74, 6) is 0.410. The molecule has 6 nitrogen and oxygen atoms in total. The summed E-state index contributed by atoms with van der Waals surface area (Å²) in [6, 6.07) is 9.87. The monoisotopic (exact) mass is 368 g/mol. The molecule has 0 aliphatic carbocycles. The Morgan fingerprint density at radius 2 is 1.96 bits per heavy atom. The highest BCUT2D eigenvalue weighted by Gasteiger charge is 2.28. The third kappa shape index (κ3) is 4.38. The molecule has 1 aromatic heterocycles. The van der Waals surface area contributed by atoms with Crippen LogP contribution in [0.1, 0.15) is 59.1 Å². The van der Waals surface area contributed by atoms with E-state index < -0.39 is 0 Å². The molecule has 2 aromatic rings. The maximum atomic E-state index is 13.0. The zero-order valence-electron chi connectivity index (χ0n) is 16.4. The van der Waals surface area contributed by atoms with E-state index in [2.05, 4.69) is 24.1 Å². The van der Waals surface area contributed by atoms with Crippen molar-refractivity contribution in [2.24, 2.45) is 5.92 Å². The van der Waals surface area contributed by atoms with Crippen LogP contribution < -0.4 is 5.32 Å². The number of rotatable bonds is 6. The Morgan fingerprint density at radius 1 is 1.22 bits per heavy atom. The lowest BCUT2D eigenvalue weighted by molar-refractivity contribution is 0.0766. The zero-order valence-corrected chi connectivity index (χ0v) is 16.4. The lowest BCUT2D eigenvalue weighted by atomic mass is 10.1. The van der Waals surface area contributed by atoms with E-state index in [9.17, 15) is 9.59 Å². The molecule has 0 saturated carbocycles. The van der Waals surface area contributed by atoms with E-state index in [0.29, 0.717) is 30.5 Å². The minimum Gasteiger partial charge on any atom is -0.350 e. The molecule has 27 heavy (non-hydrogen) atoms. The van der Waals surface area contributed by atoms with Crippen LogP contribution in [0.25, 0.3) is 0 Å². The number of fused-ring (bicyclic) bond motifs is 1. The normalized spacial score (nSPS) is 13.3. The maximum Gasteiger partial charge on any atom is 0.289 e. The van der Waals surface area contributed by atoms with Gasteiger partial charge in [0.25, 0.3) is 11.8 Å². The molecular weight excluding hydrogens is 340 g/mol. The molecule has 1 aliphatic rings. The summed E-state index contributed by atoms with van der Waals surface area (Å²) in [4.78, 5) is 31.8. The smallest absolute Gasteiger partial charge is 0.289 e. The van der Waals surface area contributed by atoms with Gasteiger partial charge >= 0.3 is 0 Å². The highest BCUT2D eigenvalue weighted by atomic mass is 16.2. The van der Waals surface area contributed by atoms with E-state index in [4.69, 9.17) is 0 Å². The Hall–Kier alpha value is -2.63. The third-order valence-electron chi connectivity index (χ3n) is 4.80. The maximum absolute atomic E-state index is 13.0. The van der Waals surface area contributed by atoms with Gasteiger partial charge in [-0.15, -0.1) is 0 Å². The average molecular weight is 368 g/mol. The molecule has 1 aromatic carbocycles. The lowest BCUT2D eigenvalue weighted by Gasteiger charge is -2.20. The predicted octanol–water partition coefficient (Wildman–Crippen LogP) is 2.88. The summed E-state index contributed by atoms with van der Waals surface area (Å²) >= 11 is 0. The van der Waals surface area contributed by atoms with Crippen molar-refractivity contribution in [3.05, 3.63) is 53.1 Å². The van der Waals surface area contributed by atoms with Gasteiger partial charge in [-0.3, -0.25) is 9.59 Å². The summed E-state index contributed by atoms with van der Waals surface area (Å²) in [6.07, 6.45) is 2.80. The number of carbonyl (C=O) groups excluding carboxylic acids is 2. The third-order valence-corrected chi connectivity index (χ3v) is 4.80. The van der Waals surface area contributed by atoms with Crippen molar-refractivity contribution in [1.82, 2.24) is 19.8 Å². The Labute approximate surface area is 160 Å². The van der Waals surface area contributed by atoms with Crippen LogP contribution in [0.15, 0.2) is 30.3 Å². The van der Waals surface area contributed by atoms with Crippen LogP contribution >= 0.6 is 0 Å². The largest absolute Gasteiger partial charge is 0.350 e. The van der Waals surface area contributed by atoms with Crippen molar-refractivity contribution in [2.75, 3.05) is 13.6 Å². The van der Waals surface area contributed by atoms with Crippen molar-refractivity contribution in [3.63, 3.8) is 0 Å². The average Bonchev–Trinajstić information content (AvgIpc) is 3.06. The molecule has 0 fully saturated rings. The van der Waals surface area contributed by atoms with Gasteiger partial charge in [0.2, 0.25) is 0 Å². The van der Waals surface area contributed by atoms with Gasteiger partial charge in [0.1, 0.15) is 5.69 Å². The first-order chi connectivity index (χ1) is 13.0. The van der Waals surface area contributed by atoms with Crippen LogP contribution in [0.2, 0.25) is 0 Å². The van der Waals surface area contributed by atoms with Gasteiger partial charge in [0.15, 0.2) is 5.82 Å². The van der Waals surface area contributed by atoms with E-state index in [0.717, 1.165) is 37.1 Å². The first kappa shape index (κ1) is 19.1. The van der Waals surface area contributed by atoms with Crippen LogP contribution in [0, 0.1) is 5.92 Å². The molecule has 0 saturated heterocycles. The number of hydrogen-bond acceptors (Lipinski definition) is 3. The molecule has 2 heterocycles. The number of aromatic nitrogens is 2. The SMILES string of the molecule is CC(C)CNC(=O)c1nc(C(=O)N(C)Cc2ccccc2)n2c1CCCC2. The van der Waals surface area contributed by atoms with Crippen LogP contribution in [0.3, 0.4) is 0 Å². The molecule has 1 N–H and O–H groups in total. The minimum atomic E-state index is -0.181. The summed E-state index contributed by atoms with van der Waals surface area (Å²) < 4.78 is 1.94. The Bertz CT molecular complexity index is 811. The predicted molar refractivity (Wildman–Crippen MR) is 105 cm³/mol. The number of hydrogen-bond donors (Lipinski definition) is 1. The summed E-state index contributed by atoms with van der Waals surface area (Å²) in [6.45, 7) is 5.95. The van der Waals surface area contributed by atoms with E-state index >= 15 is 0 Å². The van der Waals surface area contributed by atoms with Crippen LogP contribution in [0.5, 0.6) is 0 Å². The van der Waals surface area contributed by atoms with Gasteiger partial charge in [0, 0.05) is 26.7 Å². The molecule has 0 radical (unpaired) electrons. The van der Waals surface area contributed by atoms with Crippen LogP contribution in [-0.4, -0.2) is 39.9 Å². The van der Waals surface area contributed by atoms with E-state index in [1.54, 1.807) is 11.9 Å². The van der Waals surface area contributed by atoms with Gasteiger partial charge in [-0.1, -0.05) is 44.2 Å². The standard InChI is InChI=1S/C21H28N4O2/c1-15(2)13-22-20(26)18-17-11-7-8-12-25(17)19(23-18)21(27)24(3)14-16-9-5-4-6-10-16/h4-6,9-10,15H,7-8,11-14H2,1-3H3,(H,22,26). The van der Waals surface area contributed by atoms with Crippen molar-refractivity contribution in [1.29, 1.82) is 0 Å². The Morgan fingerprint density at radius 3 is 2.67 bits per heavy atom. The van der Waals surface area contributed by atoms with Gasteiger partial charge in [-0.2, -0.15) is 0 Å². The first-order valence-corrected chi connectivity index (χ1v) is 9.64. The Kier molecular flexibility index (Phi) is 5.94. The van der Waals surface area contributed by atoms with Crippen molar-refractivity contribution in [3.8, 4) is 0 Å². The van der Waals surface area contributed by atoms with Gasteiger partial charge < -0.3 is 14.8 Å². The number of benzene rings is 1. The van der Waals surface area contributed by atoms with E-state index in [1.807, 2.05) is 34.9 Å². The number of amides is 2. The summed E-state index contributed by atoms with van der Waals surface area (Å²) in [5, 5.41) is 2.93. The Balaban J connectivity index is 1.84. The van der Waals surface area contributed by atoms with Gasteiger partial charge in [0.05, 0.1) is 5.69 Å². The molecule has 2 amide bonds. The second-order valence-corrected chi connectivity index (χ2v) is 7.59. The molecule has 6 heteroatoms. The number of nitrogens with one attached hydrogen (secondary N) is 1. The van der Waals surface area contributed by atoms with Crippen molar-refractivity contribution in [2.45, 2.75) is 46.2 Å². The number of nitrogens with zero attached hydrogens (tertiary/aromatic N) is 3. The van der Waals surface area contributed by atoms with Crippen LogP contribution in [-0.2, 0) is 19.5 Å². The second kappa shape index (κ2) is 8.37. The molecule has 3 rings (SSSR count).